The Morgan fingerprint density at radius 3 is 3.10 bits per heavy atom. The van der Waals surface area contributed by atoms with Crippen molar-refractivity contribution in [1.82, 2.24) is 25.2 Å². The van der Waals surface area contributed by atoms with Gasteiger partial charge in [0.05, 0.1) is 18.8 Å². The van der Waals surface area contributed by atoms with Crippen molar-refractivity contribution in [1.29, 1.82) is 0 Å². The second-order valence-corrected chi connectivity index (χ2v) is 5.61. The Morgan fingerprint density at radius 2 is 2.40 bits per heavy atom. The molecule has 1 aromatic rings. The van der Waals surface area contributed by atoms with Crippen molar-refractivity contribution in [2.24, 2.45) is 5.92 Å². The molecule has 0 saturated carbocycles. The van der Waals surface area contributed by atoms with Gasteiger partial charge in [-0.05, 0) is 18.8 Å². The normalized spacial score (nSPS) is 23.6. The maximum absolute atomic E-state index is 12.4. The zero-order valence-electron chi connectivity index (χ0n) is 11.8. The minimum Gasteiger partial charge on any atom is -0.384 e. The molecule has 2 aliphatic heterocycles. The highest BCUT2D eigenvalue weighted by molar-refractivity contribution is 5.92. The lowest BCUT2D eigenvalue weighted by Gasteiger charge is -2.31. The Kier molecular flexibility index (Phi) is 3.98. The average Bonchev–Trinajstić information content (AvgIpc) is 2.86. The first kappa shape index (κ1) is 13.5. The van der Waals surface area contributed by atoms with Gasteiger partial charge in [-0.3, -0.25) is 4.79 Å². The second-order valence-electron chi connectivity index (χ2n) is 5.61. The number of ether oxygens (including phenoxy) is 1. The highest BCUT2D eigenvalue weighted by Gasteiger charge is 2.27. The first-order valence-electron chi connectivity index (χ1n) is 7.18. The number of carbonyl (C=O) groups excluding carboxylic acids is 1. The lowest BCUT2D eigenvalue weighted by molar-refractivity contribution is 0.0565. The van der Waals surface area contributed by atoms with Crippen molar-refractivity contribution in [3.63, 3.8) is 0 Å². The molecule has 0 aromatic carbocycles. The number of aromatic nitrogens is 3. The van der Waals surface area contributed by atoms with Gasteiger partial charge in [0.2, 0.25) is 0 Å². The number of likely N-dealkylation sites (tertiary alicyclic amines) is 1. The Bertz CT molecular complexity index is 469. The highest BCUT2D eigenvalue weighted by atomic mass is 16.5. The van der Waals surface area contributed by atoms with Crippen LogP contribution in [0.1, 0.15) is 29.4 Å². The monoisotopic (exact) mass is 279 g/mol. The van der Waals surface area contributed by atoms with Crippen molar-refractivity contribution in [3.8, 4) is 0 Å². The summed E-state index contributed by atoms with van der Waals surface area (Å²) in [6.45, 7) is 4.07. The van der Waals surface area contributed by atoms with Crippen LogP contribution in [0.4, 0.5) is 0 Å². The summed E-state index contributed by atoms with van der Waals surface area (Å²) in [7, 11) is 1.71. The molecule has 7 heteroatoms. The van der Waals surface area contributed by atoms with Crippen molar-refractivity contribution in [3.05, 3.63) is 11.9 Å². The molecule has 2 saturated heterocycles. The fraction of sp³-hybridized carbons (Fsp3) is 0.769. The molecule has 3 heterocycles. The van der Waals surface area contributed by atoms with Crippen LogP contribution in [-0.4, -0.2) is 65.7 Å². The van der Waals surface area contributed by atoms with Crippen LogP contribution < -0.4 is 5.32 Å². The van der Waals surface area contributed by atoms with Crippen LogP contribution in [0.5, 0.6) is 0 Å². The first-order chi connectivity index (χ1) is 9.78. The zero-order valence-corrected chi connectivity index (χ0v) is 11.8. The number of rotatable bonds is 4. The molecule has 20 heavy (non-hydrogen) atoms. The molecule has 0 aliphatic carbocycles. The van der Waals surface area contributed by atoms with E-state index in [1.165, 1.54) is 0 Å². The number of hydrogen-bond acceptors (Lipinski definition) is 5. The Balaban J connectivity index is 1.63. The van der Waals surface area contributed by atoms with Gasteiger partial charge in [0.1, 0.15) is 0 Å². The molecule has 2 aliphatic rings. The minimum atomic E-state index is -0.00987. The maximum atomic E-state index is 12.4. The van der Waals surface area contributed by atoms with Crippen LogP contribution in [0.25, 0.3) is 0 Å². The Morgan fingerprint density at radius 1 is 1.55 bits per heavy atom. The van der Waals surface area contributed by atoms with E-state index in [1.54, 1.807) is 18.0 Å². The number of hydrogen-bond donors (Lipinski definition) is 1. The molecule has 1 amide bonds. The molecule has 1 N–H and O–H groups in total. The van der Waals surface area contributed by atoms with E-state index in [-0.39, 0.29) is 5.91 Å². The minimum absolute atomic E-state index is 0.00987. The SMILES string of the molecule is COCC1CCCN(C(=O)c2cn(C3CNC3)nn2)C1. The van der Waals surface area contributed by atoms with Gasteiger partial charge in [-0.25, -0.2) is 4.68 Å². The average molecular weight is 279 g/mol. The lowest BCUT2D eigenvalue weighted by Crippen LogP contribution is -2.43. The van der Waals surface area contributed by atoms with Crippen LogP contribution in [0.2, 0.25) is 0 Å². The van der Waals surface area contributed by atoms with Gasteiger partial charge in [-0.1, -0.05) is 5.21 Å². The second kappa shape index (κ2) is 5.88. The number of nitrogens with one attached hydrogen (secondary N) is 1. The smallest absolute Gasteiger partial charge is 0.276 e. The lowest BCUT2D eigenvalue weighted by atomic mass is 9.99. The molecule has 1 unspecified atom stereocenters. The summed E-state index contributed by atoms with van der Waals surface area (Å²) in [5.41, 5.74) is 0.454. The molecule has 3 rings (SSSR count). The van der Waals surface area contributed by atoms with E-state index >= 15 is 0 Å². The summed E-state index contributed by atoms with van der Waals surface area (Å²) in [6.07, 6.45) is 3.92. The van der Waals surface area contributed by atoms with Gasteiger partial charge >= 0.3 is 0 Å². The van der Waals surface area contributed by atoms with Crippen molar-refractivity contribution < 1.29 is 9.53 Å². The third-order valence-corrected chi connectivity index (χ3v) is 4.07. The molecule has 1 aromatic heterocycles. The van der Waals surface area contributed by atoms with Crippen LogP contribution in [0.3, 0.4) is 0 Å². The number of nitrogens with zero attached hydrogens (tertiary/aromatic N) is 4. The van der Waals surface area contributed by atoms with Crippen LogP contribution in [0.15, 0.2) is 6.20 Å². The largest absolute Gasteiger partial charge is 0.384 e. The summed E-state index contributed by atoms with van der Waals surface area (Å²) in [6, 6.07) is 0.339. The number of carbonyl (C=O) groups is 1. The molecule has 0 bridgehead atoms. The fourth-order valence-electron chi connectivity index (χ4n) is 2.80. The number of methoxy groups -OCH3 is 1. The van der Waals surface area contributed by atoms with Gasteiger partial charge < -0.3 is 15.0 Å². The third kappa shape index (κ3) is 2.69. The molecular weight excluding hydrogens is 258 g/mol. The number of piperidine rings is 1. The summed E-state index contributed by atoms with van der Waals surface area (Å²) in [5.74, 6) is 0.424. The van der Waals surface area contributed by atoms with Gasteiger partial charge in [0, 0.05) is 33.3 Å². The number of amides is 1. The van der Waals surface area contributed by atoms with E-state index in [0.29, 0.717) is 24.3 Å². The first-order valence-corrected chi connectivity index (χ1v) is 7.18. The molecule has 1 atom stereocenters. The maximum Gasteiger partial charge on any atom is 0.276 e. The molecular formula is C13H21N5O2. The summed E-state index contributed by atoms with van der Waals surface area (Å²) < 4.78 is 6.99. The highest BCUT2D eigenvalue weighted by Crippen LogP contribution is 2.19. The molecule has 0 radical (unpaired) electrons. The van der Waals surface area contributed by atoms with Gasteiger partial charge in [-0.15, -0.1) is 5.10 Å². The van der Waals surface area contributed by atoms with E-state index < -0.39 is 0 Å². The fourth-order valence-corrected chi connectivity index (χ4v) is 2.80. The van der Waals surface area contributed by atoms with Crippen molar-refractivity contribution in [2.45, 2.75) is 18.9 Å². The molecule has 7 nitrogen and oxygen atoms in total. The van der Waals surface area contributed by atoms with Crippen molar-refractivity contribution >= 4 is 5.91 Å². The van der Waals surface area contributed by atoms with Gasteiger partial charge in [0.15, 0.2) is 5.69 Å². The quantitative estimate of drug-likeness (QED) is 0.834. The topological polar surface area (TPSA) is 72.3 Å². The van der Waals surface area contributed by atoms with Crippen LogP contribution in [-0.2, 0) is 4.74 Å². The van der Waals surface area contributed by atoms with Gasteiger partial charge in [0.25, 0.3) is 5.91 Å². The predicted molar refractivity (Wildman–Crippen MR) is 72.4 cm³/mol. The van der Waals surface area contributed by atoms with Crippen LogP contribution in [0, 0.1) is 5.92 Å². The molecule has 2 fully saturated rings. The van der Waals surface area contributed by atoms with Crippen molar-refractivity contribution in [2.75, 3.05) is 39.9 Å². The van der Waals surface area contributed by atoms with E-state index in [1.807, 2.05) is 4.90 Å². The van der Waals surface area contributed by atoms with E-state index in [9.17, 15) is 4.79 Å². The molecule has 110 valence electrons. The van der Waals surface area contributed by atoms with E-state index in [4.69, 9.17) is 4.74 Å². The third-order valence-electron chi connectivity index (χ3n) is 4.07. The summed E-state index contributed by atoms with van der Waals surface area (Å²) >= 11 is 0. The van der Waals surface area contributed by atoms with Crippen LogP contribution >= 0.6 is 0 Å². The van der Waals surface area contributed by atoms with Gasteiger partial charge in [-0.2, -0.15) is 0 Å². The Hall–Kier alpha value is -1.47. The van der Waals surface area contributed by atoms with E-state index in [2.05, 4.69) is 15.6 Å². The Labute approximate surface area is 118 Å². The summed E-state index contributed by atoms with van der Waals surface area (Å²) in [5, 5.41) is 11.3. The standard InChI is InChI=1S/C13H21N5O2/c1-20-9-10-3-2-4-17(7-10)13(19)12-8-18(16-15-12)11-5-14-6-11/h8,10-11,14H,2-7,9H2,1H3. The molecule has 0 spiro atoms. The zero-order chi connectivity index (χ0) is 13.9. The van der Waals surface area contributed by atoms with E-state index in [0.717, 1.165) is 39.0 Å². The predicted octanol–water partition coefficient (Wildman–Crippen LogP) is -0.0790. The summed E-state index contributed by atoms with van der Waals surface area (Å²) in [4.78, 5) is 14.3.